The number of carboxylic acid groups (broad SMARTS) is 1. The van der Waals surface area contributed by atoms with Gasteiger partial charge in [-0.3, -0.25) is 9.59 Å². The number of aliphatic carboxylic acids is 1. The number of carbonyl (C=O) groups is 2. The number of anilines is 1. The van der Waals surface area contributed by atoms with Crippen LogP contribution in [-0.4, -0.2) is 36.6 Å². The summed E-state index contributed by atoms with van der Waals surface area (Å²) in [6, 6.07) is 7.00. The van der Waals surface area contributed by atoms with Gasteiger partial charge in [0.15, 0.2) is 5.82 Å². The zero-order valence-electron chi connectivity index (χ0n) is 11.7. The largest absolute Gasteiger partial charge is 0.481 e. The standard InChI is InChI=1S/C14H13ClN4O3/c1-19-7-16-18-11(19)8-2-4-9(5-3-8)17-13(22)14(15)6-10(14)12(20)21/h2-5,7,10H,6H2,1H3,(H,17,22)(H,20,21). The van der Waals surface area contributed by atoms with E-state index in [1.807, 2.05) is 7.05 Å². The molecule has 0 saturated heterocycles. The van der Waals surface area contributed by atoms with Gasteiger partial charge >= 0.3 is 5.97 Å². The smallest absolute Gasteiger partial charge is 0.308 e. The molecule has 0 bridgehead atoms. The predicted octanol–water partition coefficient (Wildman–Crippen LogP) is 1.50. The lowest BCUT2D eigenvalue weighted by Gasteiger charge is -2.10. The maximum absolute atomic E-state index is 12.0. The van der Waals surface area contributed by atoms with E-state index in [1.54, 1.807) is 35.2 Å². The van der Waals surface area contributed by atoms with Gasteiger partial charge in [0.1, 0.15) is 11.2 Å². The van der Waals surface area contributed by atoms with E-state index in [4.69, 9.17) is 16.7 Å². The Morgan fingerprint density at radius 3 is 2.59 bits per heavy atom. The van der Waals surface area contributed by atoms with Crippen molar-refractivity contribution < 1.29 is 14.7 Å². The minimum absolute atomic E-state index is 0.146. The lowest BCUT2D eigenvalue weighted by atomic mass is 10.2. The molecular formula is C14H13ClN4O3. The van der Waals surface area contributed by atoms with Crippen LogP contribution in [0.15, 0.2) is 30.6 Å². The summed E-state index contributed by atoms with van der Waals surface area (Å²) >= 11 is 6.02. The number of nitrogens with one attached hydrogen (secondary N) is 1. The van der Waals surface area contributed by atoms with E-state index in [2.05, 4.69) is 15.5 Å². The van der Waals surface area contributed by atoms with Gasteiger partial charge in [0.05, 0.1) is 5.92 Å². The Balaban J connectivity index is 1.71. The normalized spacial score (nSPS) is 23.1. The fourth-order valence-corrected chi connectivity index (χ4v) is 2.55. The number of aromatic nitrogens is 3. The van der Waals surface area contributed by atoms with Crippen LogP contribution < -0.4 is 5.32 Å². The van der Waals surface area contributed by atoms with Crippen molar-refractivity contribution in [2.75, 3.05) is 5.32 Å². The first kappa shape index (κ1) is 14.5. The molecular weight excluding hydrogens is 308 g/mol. The van der Waals surface area contributed by atoms with Gasteiger partial charge in [-0.2, -0.15) is 0 Å². The SMILES string of the molecule is Cn1cnnc1-c1ccc(NC(=O)C2(Cl)CC2C(=O)O)cc1. The molecule has 1 fully saturated rings. The number of nitrogens with zero attached hydrogens (tertiary/aromatic N) is 3. The summed E-state index contributed by atoms with van der Waals surface area (Å²) in [4.78, 5) is 21.6. The summed E-state index contributed by atoms with van der Waals surface area (Å²) in [5.74, 6) is -1.66. The van der Waals surface area contributed by atoms with Crippen molar-refractivity contribution in [3.8, 4) is 11.4 Å². The first-order chi connectivity index (χ1) is 10.4. The van der Waals surface area contributed by atoms with Gasteiger partial charge in [0.2, 0.25) is 5.91 Å². The van der Waals surface area contributed by atoms with Crippen molar-refractivity contribution in [2.24, 2.45) is 13.0 Å². The van der Waals surface area contributed by atoms with Crippen LogP contribution in [0.1, 0.15) is 6.42 Å². The molecule has 7 nitrogen and oxygen atoms in total. The minimum atomic E-state index is -1.34. The molecule has 1 amide bonds. The molecule has 1 aromatic carbocycles. The fourth-order valence-electron chi connectivity index (χ4n) is 2.25. The van der Waals surface area contributed by atoms with Gasteiger partial charge in [0.25, 0.3) is 0 Å². The summed E-state index contributed by atoms with van der Waals surface area (Å²) < 4.78 is 1.78. The van der Waals surface area contributed by atoms with Crippen LogP contribution in [0.3, 0.4) is 0 Å². The number of carboxylic acids is 1. The predicted molar refractivity (Wildman–Crippen MR) is 79.4 cm³/mol. The van der Waals surface area contributed by atoms with Crippen LogP contribution in [0.4, 0.5) is 5.69 Å². The Morgan fingerprint density at radius 2 is 2.09 bits per heavy atom. The number of carbonyl (C=O) groups excluding carboxylic acids is 1. The highest BCUT2D eigenvalue weighted by molar-refractivity contribution is 6.41. The van der Waals surface area contributed by atoms with Crippen molar-refractivity contribution in [3.05, 3.63) is 30.6 Å². The topological polar surface area (TPSA) is 97.1 Å². The van der Waals surface area contributed by atoms with Crippen LogP contribution >= 0.6 is 11.6 Å². The molecule has 0 radical (unpaired) electrons. The molecule has 1 aliphatic carbocycles. The Hall–Kier alpha value is -2.41. The van der Waals surface area contributed by atoms with Gasteiger partial charge in [-0.15, -0.1) is 21.8 Å². The number of amides is 1. The van der Waals surface area contributed by atoms with E-state index < -0.39 is 22.7 Å². The second kappa shape index (κ2) is 5.10. The van der Waals surface area contributed by atoms with E-state index in [9.17, 15) is 9.59 Å². The average Bonchev–Trinajstić information content (AvgIpc) is 3.02. The number of hydrogen-bond acceptors (Lipinski definition) is 4. The molecule has 114 valence electrons. The third-order valence-electron chi connectivity index (χ3n) is 3.68. The molecule has 0 aliphatic heterocycles. The zero-order chi connectivity index (χ0) is 15.9. The van der Waals surface area contributed by atoms with Gasteiger partial charge in [0, 0.05) is 18.3 Å². The second-order valence-corrected chi connectivity index (χ2v) is 5.93. The van der Waals surface area contributed by atoms with Crippen LogP contribution in [0.25, 0.3) is 11.4 Å². The van der Waals surface area contributed by atoms with Crippen LogP contribution in [-0.2, 0) is 16.6 Å². The van der Waals surface area contributed by atoms with Crippen molar-refractivity contribution in [1.29, 1.82) is 0 Å². The van der Waals surface area contributed by atoms with Crippen LogP contribution in [0, 0.1) is 5.92 Å². The summed E-state index contributed by atoms with van der Waals surface area (Å²) in [5, 5.41) is 19.3. The Bertz CT molecular complexity index is 743. The number of hydrogen-bond donors (Lipinski definition) is 2. The van der Waals surface area contributed by atoms with Crippen molar-refractivity contribution in [2.45, 2.75) is 11.3 Å². The van der Waals surface area contributed by atoms with E-state index in [0.29, 0.717) is 11.5 Å². The summed E-state index contributed by atoms with van der Waals surface area (Å²) in [6.45, 7) is 0. The summed E-state index contributed by atoms with van der Waals surface area (Å²) in [7, 11) is 1.83. The molecule has 22 heavy (non-hydrogen) atoms. The maximum atomic E-state index is 12.0. The highest BCUT2D eigenvalue weighted by Gasteiger charge is 2.63. The molecule has 8 heteroatoms. The number of rotatable bonds is 4. The number of alkyl halides is 1. The van der Waals surface area contributed by atoms with E-state index in [1.165, 1.54) is 0 Å². The molecule has 1 aromatic heterocycles. The van der Waals surface area contributed by atoms with Gasteiger partial charge < -0.3 is 15.0 Å². The first-order valence-electron chi connectivity index (χ1n) is 6.59. The highest BCUT2D eigenvalue weighted by Crippen LogP contribution is 2.50. The number of halogens is 1. The highest BCUT2D eigenvalue weighted by atomic mass is 35.5. The van der Waals surface area contributed by atoms with Crippen LogP contribution in [0.5, 0.6) is 0 Å². The molecule has 1 aliphatic rings. The minimum Gasteiger partial charge on any atom is -0.481 e. The van der Waals surface area contributed by atoms with Crippen molar-refractivity contribution in [1.82, 2.24) is 14.8 Å². The summed E-state index contributed by atoms with van der Waals surface area (Å²) in [6.07, 6.45) is 1.74. The number of benzene rings is 1. The molecule has 2 aromatic rings. The third-order valence-corrected chi connectivity index (χ3v) is 4.27. The molecule has 0 spiro atoms. The molecule has 1 saturated carbocycles. The van der Waals surface area contributed by atoms with E-state index in [-0.39, 0.29) is 6.42 Å². The monoisotopic (exact) mass is 320 g/mol. The summed E-state index contributed by atoms with van der Waals surface area (Å²) in [5.41, 5.74) is 1.40. The van der Waals surface area contributed by atoms with E-state index in [0.717, 1.165) is 5.56 Å². The maximum Gasteiger partial charge on any atom is 0.308 e. The first-order valence-corrected chi connectivity index (χ1v) is 6.97. The Kier molecular flexibility index (Phi) is 3.37. The Labute approximate surface area is 130 Å². The van der Waals surface area contributed by atoms with E-state index >= 15 is 0 Å². The van der Waals surface area contributed by atoms with Gasteiger partial charge in [-0.1, -0.05) is 0 Å². The van der Waals surface area contributed by atoms with Crippen molar-refractivity contribution in [3.63, 3.8) is 0 Å². The lowest BCUT2D eigenvalue weighted by Crippen LogP contribution is -2.28. The third kappa shape index (κ3) is 2.43. The molecule has 3 rings (SSSR count). The van der Waals surface area contributed by atoms with Gasteiger partial charge in [-0.25, -0.2) is 0 Å². The average molecular weight is 321 g/mol. The molecule has 2 unspecified atom stereocenters. The lowest BCUT2D eigenvalue weighted by molar-refractivity contribution is -0.139. The Morgan fingerprint density at radius 1 is 1.41 bits per heavy atom. The van der Waals surface area contributed by atoms with Crippen molar-refractivity contribution >= 4 is 29.2 Å². The zero-order valence-corrected chi connectivity index (χ0v) is 12.4. The molecule has 1 heterocycles. The van der Waals surface area contributed by atoms with Crippen LogP contribution in [0.2, 0.25) is 0 Å². The molecule has 2 N–H and O–H groups in total. The second-order valence-electron chi connectivity index (χ2n) is 5.25. The van der Waals surface area contributed by atoms with Gasteiger partial charge in [-0.05, 0) is 30.7 Å². The number of aryl methyl sites for hydroxylation is 1. The quantitative estimate of drug-likeness (QED) is 0.832. The fraction of sp³-hybridized carbons (Fsp3) is 0.286. The molecule has 2 atom stereocenters.